The van der Waals surface area contributed by atoms with Gasteiger partial charge in [-0.15, -0.1) is 0 Å². The predicted octanol–water partition coefficient (Wildman–Crippen LogP) is 0.908. The van der Waals surface area contributed by atoms with Crippen LogP contribution in [0.2, 0.25) is 0 Å². The van der Waals surface area contributed by atoms with Gasteiger partial charge in [0.1, 0.15) is 11.7 Å². The fourth-order valence-corrected chi connectivity index (χ4v) is 3.24. The van der Waals surface area contributed by atoms with Crippen molar-refractivity contribution in [3.8, 4) is 0 Å². The zero-order chi connectivity index (χ0) is 14.1. The molecule has 0 bridgehead atoms. The normalized spacial score (nSPS) is 17.9. The van der Waals surface area contributed by atoms with Gasteiger partial charge < -0.3 is 5.32 Å². The van der Waals surface area contributed by atoms with Gasteiger partial charge in [-0.3, -0.25) is 14.0 Å². The molecule has 3 rings (SSSR count). The number of fused-ring (bicyclic) bond motifs is 1. The molecule has 1 atom stereocenters. The van der Waals surface area contributed by atoms with Crippen molar-refractivity contribution in [1.82, 2.24) is 24.6 Å². The van der Waals surface area contributed by atoms with E-state index >= 15 is 0 Å². The molecule has 0 aliphatic heterocycles. The molecule has 6 heteroatoms. The fraction of sp³-hybridized carbons (Fsp3) is 0.643. The quantitative estimate of drug-likeness (QED) is 0.900. The maximum atomic E-state index is 12.4. The molecule has 1 fully saturated rings. The molecule has 1 unspecified atom stereocenters. The Hall–Kier alpha value is -1.69. The van der Waals surface area contributed by atoms with E-state index in [-0.39, 0.29) is 5.56 Å². The van der Waals surface area contributed by atoms with Crippen molar-refractivity contribution in [2.75, 3.05) is 7.05 Å². The number of rotatable bonds is 4. The molecule has 2 aromatic heterocycles. The number of hydrogen-bond donors (Lipinski definition) is 1. The number of aryl methyl sites for hydroxylation is 1. The Labute approximate surface area is 117 Å². The number of aromatic nitrogens is 4. The molecular weight excluding hydrogens is 254 g/mol. The number of hydrogen-bond acceptors (Lipinski definition) is 4. The van der Waals surface area contributed by atoms with Crippen molar-refractivity contribution < 1.29 is 0 Å². The lowest BCUT2D eigenvalue weighted by Crippen LogP contribution is -2.39. The second-order valence-electron chi connectivity index (χ2n) is 5.65. The van der Waals surface area contributed by atoms with Gasteiger partial charge in [-0.25, -0.2) is 4.98 Å². The fourth-order valence-electron chi connectivity index (χ4n) is 3.24. The number of nitrogens with one attached hydrogen (secondary N) is 1. The van der Waals surface area contributed by atoms with Crippen LogP contribution >= 0.6 is 0 Å². The highest BCUT2D eigenvalue weighted by molar-refractivity contribution is 5.72. The second-order valence-corrected chi connectivity index (χ2v) is 5.65. The molecule has 1 saturated carbocycles. The third-order valence-corrected chi connectivity index (χ3v) is 4.45. The van der Waals surface area contributed by atoms with Gasteiger partial charge in [-0.05, 0) is 25.8 Å². The lowest BCUT2D eigenvalue weighted by molar-refractivity contribution is 0.336. The summed E-state index contributed by atoms with van der Waals surface area (Å²) in [5.74, 6) is 0.663. The van der Waals surface area contributed by atoms with Gasteiger partial charge in [0.2, 0.25) is 0 Å². The van der Waals surface area contributed by atoms with Crippen molar-refractivity contribution in [1.29, 1.82) is 0 Å². The molecule has 1 aliphatic carbocycles. The SMILES string of the molecule is CNC(Cn1cnc2c(cnn2C)c1=O)C1CCCC1. The third-order valence-electron chi connectivity index (χ3n) is 4.45. The summed E-state index contributed by atoms with van der Waals surface area (Å²) in [4.78, 5) is 16.8. The largest absolute Gasteiger partial charge is 0.315 e. The molecule has 20 heavy (non-hydrogen) atoms. The van der Waals surface area contributed by atoms with Gasteiger partial charge in [0.25, 0.3) is 5.56 Å². The summed E-state index contributed by atoms with van der Waals surface area (Å²) in [6.45, 7) is 0.678. The molecule has 1 aliphatic rings. The number of nitrogens with zero attached hydrogens (tertiary/aromatic N) is 4. The van der Waals surface area contributed by atoms with E-state index in [0.717, 1.165) is 0 Å². The summed E-state index contributed by atoms with van der Waals surface area (Å²) < 4.78 is 3.34. The van der Waals surface area contributed by atoms with Crippen LogP contribution in [0.3, 0.4) is 0 Å². The molecular formula is C14H21N5O. The average Bonchev–Trinajstić information content (AvgIpc) is 3.09. The van der Waals surface area contributed by atoms with E-state index < -0.39 is 0 Å². The van der Waals surface area contributed by atoms with E-state index in [9.17, 15) is 4.79 Å². The molecule has 0 spiro atoms. The van der Waals surface area contributed by atoms with Crippen LogP contribution in [0.4, 0.5) is 0 Å². The molecule has 1 N–H and O–H groups in total. The second kappa shape index (κ2) is 5.36. The minimum atomic E-state index is 0.00125. The Morgan fingerprint density at radius 2 is 2.20 bits per heavy atom. The molecule has 2 aromatic rings. The van der Waals surface area contributed by atoms with E-state index in [0.29, 0.717) is 29.5 Å². The molecule has 108 valence electrons. The molecule has 2 heterocycles. The van der Waals surface area contributed by atoms with Crippen LogP contribution in [0.1, 0.15) is 25.7 Å². The highest BCUT2D eigenvalue weighted by Gasteiger charge is 2.24. The number of likely N-dealkylation sites (N-methyl/N-ethyl adjacent to an activating group) is 1. The average molecular weight is 275 g/mol. The van der Waals surface area contributed by atoms with Crippen LogP contribution in [-0.4, -0.2) is 32.4 Å². The van der Waals surface area contributed by atoms with Gasteiger partial charge >= 0.3 is 0 Å². The van der Waals surface area contributed by atoms with Crippen molar-refractivity contribution >= 4 is 11.0 Å². The predicted molar refractivity (Wildman–Crippen MR) is 77.6 cm³/mol. The molecule has 0 aromatic carbocycles. The summed E-state index contributed by atoms with van der Waals surface area (Å²) >= 11 is 0. The lowest BCUT2D eigenvalue weighted by Gasteiger charge is -2.23. The van der Waals surface area contributed by atoms with Crippen LogP contribution in [0.15, 0.2) is 17.3 Å². The lowest BCUT2D eigenvalue weighted by atomic mass is 9.98. The van der Waals surface area contributed by atoms with Crippen molar-refractivity contribution in [3.05, 3.63) is 22.9 Å². The first-order valence-corrected chi connectivity index (χ1v) is 7.25. The van der Waals surface area contributed by atoms with Crippen LogP contribution in [0, 0.1) is 5.92 Å². The Morgan fingerprint density at radius 1 is 1.45 bits per heavy atom. The van der Waals surface area contributed by atoms with Gasteiger partial charge in [-0.1, -0.05) is 12.8 Å². The highest BCUT2D eigenvalue weighted by Crippen LogP contribution is 2.28. The maximum absolute atomic E-state index is 12.4. The Morgan fingerprint density at radius 3 is 2.90 bits per heavy atom. The summed E-state index contributed by atoms with van der Waals surface area (Å²) in [5.41, 5.74) is 0.648. The van der Waals surface area contributed by atoms with E-state index in [1.807, 2.05) is 7.05 Å². The first-order chi connectivity index (χ1) is 9.70. The third kappa shape index (κ3) is 2.24. The smallest absolute Gasteiger partial charge is 0.264 e. The zero-order valence-electron chi connectivity index (χ0n) is 12.0. The molecule has 0 saturated heterocycles. The van der Waals surface area contributed by atoms with Crippen LogP contribution in [0.5, 0.6) is 0 Å². The molecule has 0 amide bonds. The summed E-state index contributed by atoms with van der Waals surface area (Å²) in [7, 11) is 3.78. The van der Waals surface area contributed by atoms with Gasteiger partial charge in [-0.2, -0.15) is 5.10 Å². The topological polar surface area (TPSA) is 64.7 Å². The van der Waals surface area contributed by atoms with E-state index in [1.54, 1.807) is 28.8 Å². The molecule has 0 radical (unpaired) electrons. The van der Waals surface area contributed by atoms with Crippen molar-refractivity contribution in [3.63, 3.8) is 0 Å². The highest BCUT2D eigenvalue weighted by atomic mass is 16.1. The van der Waals surface area contributed by atoms with E-state index in [2.05, 4.69) is 15.4 Å². The standard InChI is InChI=1S/C14H21N5O/c1-15-12(10-5-3-4-6-10)8-19-9-16-13-11(14(19)20)7-17-18(13)2/h7,9-10,12,15H,3-6,8H2,1-2H3. The van der Waals surface area contributed by atoms with E-state index in [1.165, 1.54) is 25.7 Å². The Bertz CT molecular complexity index is 653. The monoisotopic (exact) mass is 275 g/mol. The molecule has 6 nitrogen and oxygen atoms in total. The first kappa shape index (κ1) is 13.3. The Kier molecular flexibility index (Phi) is 3.56. The maximum Gasteiger partial charge on any atom is 0.264 e. The van der Waals surface area contributed by atoms with Gasteiger partial charge in [0.15, 0.2) is 5.65 Å². The van der Waals surface area contributed by atoms with Crippen LogP contribution < -0.4 is 10.9 Å². The van der Waals surface area contributed by atoms with E-state index in [4.69, 9.17) is 0 Å². The van der Waals surface area contributed by atoms with Gasteiger partial charge in [0.05, 0.1) is 6.20 Å². The van der Waals surface area contributed by atoms with Gasteiger partial charge in [0, 0.05) is 19.6 Å². The van der Waals surface area contributed by atoms with Crippen LogP contribution in [0.25, 0.3) is 11.0 Å². The minimum absolute atomic E-state index is 0.00125. The summed E-state index contributed by atoms with van der Waals surface area (Å²) in [6, 6.07) is 0.339. The van der Waals surface area contributed by atoms with Crippen molar-refractivity contribution in [2.24, 2.45) is 13.0 Å². The summed E-state index contributed by atoms with van der Waals surface area (Å²) in [5, 5.41) is 8.06. The first-order valence-electron chi connectivity index (χ1n) is 7.25. The van der Waals surface area contributed by atoms with Crippen molar-refractivity contribution in [2.45, 2.75) is 38.3 Å². The summed E-state index contributed by atoms with van der Waals surface area (Å²) in [6.07, 6.45) is 8.36. The zero-order valence-corrected chi connectivity index (χ0v) is 12.0. The minimum Gasteiger partial charge on any atom is -0.315 e. The van der Waals surface area contributed by atoms with Crippen LogP contribution in [-0.2, 0) is 13.6 Å². The Balaban J connectivity index is 1.89.